The van der Waals surface area contributed by atoms with Crippen molar-refractivity contribution >= 4 is 17.7 Å². The Balaban J connectivity index is 1.37. The second kappa shape index (κ2) is 6.98. The predicted molar refractivity (Wildman–Crippen MR) is 98.2 cm³/mol. The number of hydrogen-bond donors (Lipinski definition) is 0. The minimum Gasteiger partial charge on any atom is -0.340 e. The summed E-state index contributed by atoms with van der Waals surface area (Å²) in [6.07, 6.45) is 5.88. The Morgan fingerprint density at radius 1 is 1.19 bits per heavy atom. The fourth-order valence-corrected chi connectivity index (χ4v) is 3.84. The molecule has 4 rings (SSSR count). The van der Waals surface area contributed by atoms with Crippen LogP contribution in [0.2, 0.25) is 0 Å². The predicted octanol–water partition coefficient (Wildman–Crippen LogP) is 2.04. The van der Waals surface area contributed by atoms with Crippen molar-refractivity contribution in [2.75, 3.05) is 19.6 Å². The van der Waals surface area contributed by atoms with Crippen molar-refractivity contribution in [1.29, 1.82) is 0 Å². The van der Waals surface area contributed by atoms with Crippen LogP contribution < -0.4 is 0 Å². The van der Waals surface area contributed by atoms with Gasteiger partial charge in [-0.2, -0.15) is 5.10 Å². The summed E-state index contributed by atoms with van der Waals surface area (Å²) < 4.78 is 1.93. The summed E-state index contributed by atoms with van der Waals surface area (Å²) in [5.41, 5.74) is 1.94. The number of hydrogen-bond acceptors (Lipinski definition) is 4. The molecule has 7 nitrogen and oxygen atoms in total. The topological polar surface area (TPSA) is 75.5 Å². The molecule has 27 heavy (non-hydrogen) atoms. The summed E-state index contributed by atoms with van der Waals surface area (Å²) in [6.45, 7) is 3.43. The molecule has 7 heteroatoms. The van der Waals surface area contributed by atoms with Gasteiger partial charge in [0, 0.05) is 32.3 Å². The smallest absolute Gasteiger partial charge is 0.261 e. The quantitative estimate of drug-likeness (QED) is 0.776. The van der Waals surface area contributed by atoms with Crippen LogP contribution >= 0.6 is 0 Å². The first-order chi connectivity index (χ1) is 13.0. The number of aromatic nitrogens is 2. The summed E-state index contributed by atoms with van der Waals surface area (Å²) in [7, 11) is 0. The Hall–Kier alpha value is -2.96. The van der Waals surface area contributed by atoms with Crippen molar-refractivity contribution in [3.63, 3.8) is 0 Å². The molecule has 0 bridgehead atoms. The summed E-state index contributed by atoms with van der Waals surface area (Å²) in [6, 6.07) is 6.96. The third kappa shape index (κ3) is 3.25. The lowest BCUT2D eigenvalue weighted by Gasteiger charge is -2.33. The Labute approximate surface area is 157 Å². The van der Waals surface area contributed by atoms with Crippen molar-refractivity contribution in [1.82, 2.24) is 19.6 Å². The van der Waals surface area contributed by atoms with Crippen molar-refractivity contribution in [2.24, 2.45) is 0 Å². The maximum atomic E-state index is 12.7. The third-order valence-corrected chi connectivity index (χ3v) is 5.28. The molecule has 1 aromatic carbocycles. The number of piperidine rings is 1. The van der Waals surface area contributed by atoms with Crippen LogP contribution in [0.5, 0.6) is 0 Å². The second-order valence-electron chi connectivity index (χ2n) is 7.19. The zero-order valence-electron chi connectivity index (χ0n) is 15.3. The number of aryl methyl sites for hydroxylation is 1. The van der Waals surface area contributed by atoms with E-state index in [2.05, 4.69) is 5.10 Å². The Bertz CT molecular complexity index is 869. The molecule has 1 atom stereocenters. The van der Waals surface area contributed by atoms with Gasteiger partial charge in [0.2, 0.25) is 5.91 Å². The number of fused-ring (bicyclic) bond motifs is 1. The molecular weight excluding hydrogens is 344 g/mol. The van der Waals surface area contributed by atoms with Crippen LogP contribution in [0.3, 0.4) is 0 Å². The molecule has 2 aromatic rings. The van der Waals surface area contributed by atoms with E-state index in [1.54, 1.807) is 24.3 Å². The van der Waals surface area contributed by atoms with E-state index < -0.39 is 0 Å². The largest absolute Gasteiger partial charge is 0.340 e. The summed E-state index contributed by atoms with van der Waals surface area (Å²) in [4.78, 5) is 40.5. The first-order valence-electron chi connectivity index (χ1n) is 9.28. The molecule has 2 aliphatic heterocycles. The molecule has 0 saturated carbocycles. The van der Waals surface area contributed by atoms with Crippen LogP contribution in [0, 0.1) is 6.92 Å². The molecule has 1 aromatic heterocycles. The van der Waals surface area contributed by atoms with Gasteiger partial charge in [0.15, 0.2) is 0 Å². The van der Waals surface area contributed by atoms with E-state index in [-0.39, 0.29) is 36.7 Å². The molecule has 1 saturated heterocycles. The van der Waals surface area contributed by atoms with Gasteiger partial charge in [0.05, 0.1) is 23.4 Å². The van der Waals surface area contributed by atoms with Crippen LogP contribution in [-0.2, 0) is 4.79 Å². The van der Waals surface area contributed by atoms with Gasteiger partial charge in [-0.25, -0.2) is 0 Å². The molecule has 1 unspecified atom stereocenters. The van der Waals surface area contributed by atoms with Gasteiger partial charge in [0.25, 0.3) is 11.8 Å². The Morgan fingerprint density at radius 3 is 2.52 bits per heavy atom. The molecule has 3 amide bonds. The summed E-state index contributed by atoms with van der Waals surface area (Å²) in [5, 5.41) is 4.37. The molecule has 3 heterocycles. The van der Waals surface area contributed by atoms with E-state index in [0.29, 0.717) is 24.2 Å². The number of amides is 3. The van der Waals surface area contributed by atoms with Crippen LogP contribution in [0.1, 0.15) is 51.6 Å². The fourth-order valence-electron chi connectivity index (χ4n) is 3.84. The van der Waals surface area contributed by atoms with E-state index in [1.807, 2.05) is 28.9 Å². The zero-order chi connectivity index (χ0) is 19.0. The van der Waals surface area contributed by atoms with Gasteiger partial charge in [-0.05, 0) is 37.5 Å². The van der Waals surface area contributed by atoms with E-state index >= 15 is 0 Å². The molecule has 1 fully saturated rings. The fraction of sp³-hybridized carbons (Fsp3) is 0.400. The second-order valence-corrected chi connectivity index (χ2v) is 7.19. The number of carbonyl (C=O) groups is 3. The third-order valence-electron chi connectivity index (χ3n) is 5.28. The van der Waals surface area contributed by atoms with Crippen LogP contribution in [0.15, 0.2) is 36.7 Å². The molecule has 140 valence electrons. The van der Waals surface area contributed by atoms with Crippen LogP contribution in [0.25, 0.3) is 0 Å². The number of benzene rings is 1. The van der Waals surface area contributed by atoms with Crippen molar-refractivity contribution in [3.05, 3.63) is 53.3 Å². The number of likely N-dealkylation sites (tertiary alicyclic amines) is 1. The van der Waals surface area contributed by atoms with Gasteiger partial charge < -0.3 is 4.90 Å². The highest BCUT2D eigenvalue weighted by atomic mass is 16.2. The van der Waals surface area contributed by atoms with Gasteiger partial charge in [-0.15, -0.1) is 0 Å². The monoisotopic (exact) mass is 366 g/mol. The minimum absolute atomic E-state index is 0.0277. The Morgan fingerprint density at radius 2 is 1.89 bits per heavy atom. The van der Waals surface area contributed by atoms with Gasteiger partial charge in [-0.3, -0.25) is 24.0 Å². The first kappa shape index (κ1) is 17.5. The Kier molecular flexibility index (Phi) is 4.51. The minimum atomic E-state index is -0.313. The zero-order valence-corrected chi connectivity index (χ0v) is 15.3. The maximum Gasteiger partial charge on any atom is 0.261 e. The highest BCUT2D eigenvalue weighted by Crippen LogP contribution is 2.24. The molecule has 0 radical (unpaired) electrons. The first-order valence-corrected chi connectivity index (χ1v) is 9.28. The number of carbonyl (C=O) groups excluding carboxylic acids is 3. The average Bonchev–Trinajstić information content (AvgIpc) is 3.23. The lowest BCUT2D eigenvalue weighted by atomic mass is 10.1. The highest BCUT2D eigenvalue weighted by Gasteiger charge is 2.35. The lowest BCUT2D eigenvalue weighted by Crippen LogP contribution is -2.42. The van der Waals surface area contributed by atoms with Crippen LogP contribution in [0.4, 0.5) is 0 Å². The van der Waals surface area contributed by atoms with Gasteiger partial charge >= 0.3 is 0 Å². The lowest BCUT2D eigenvalue weighted by molar-refractivity contribution is -0.133. The number of nitrogens with zero attached hydrogens (tertiary/aromatic N) is 4. The van der Waals surface area contributed by atoms with Gasteiger partial charge in [0.1, 0.15) is 0 Å². The number of imide groups is 1. The average molecular weight is 366 g/mol. The summed E-state index contributed by atoms with van der Waals surface area (Å²) >= 11 is 0. The van der Waals surface area contributed by atoms with Crippen LogP contribution in [-0.4, -0.2) is 56.9 Å². The molecular formula is C20H22N4O3. The molecule has 0 aliphatic carbocycles. The van der Waals surface area contributed by atoms with Crippen molar-refractivity contribution in [3.8, 4) is 0 Å². The maximum absolute atomic E-state index is 12.7. The van der Waals surface area contributed by atoms with Crippen molar-refractivity contribution in [2.45, 2.75) is 32.2 Å². The SMILES string of the molecule is Cc1cnn(C2CCCN(C(=O)CCN3C(=O)c4ccccc4C3=O)C2)c1. The molecule has 0 spiro atoms. The molecule has 0 N–H and O–H groups in total. The van der Waals surface area contributed by atoms with E-state index in [1.165, 1.54) is 4.90 Å². The van der Waals surface area contributed by atoms with Gasteiger partial charge in [-0.1, -0.05) is 12.1 Å². The van der Waals surface area contributed by atoms with E-state index in [4.69, 9.17) is 0 Å². The number of rotatable bonds is 4. The van der Waals surface area contributed by atoms with Crippen molar-refractivity contribution < 1.29 is 14.4 Å². The highest BCUT2D eigenvalue weighted by molar-refractivity contribution is 6.21. The normalized spacial score (nSPS) is 19.5. The summed E-state index contributed by atoms with van der Waals surface area (Å²) in [5.74, 6) is -0.654. The van der Waals surface area contributed by atoms with E-state index in [0.717, 1.165) is 18.4 Å². The standard InChI is InChI=1S/C20H22N4O3/c1-14-11-21-24(12-14)15-5-4-9-22(13-15)18(25)8-10-23-19(26)16-6-2-3-7-17(16)20(23)27/h2-3,6-7,11-12,15H,4-5,8-10,13H2,1H3. The molecule has 2 aliphatic rings. The van der Waals surface area contributed by atoms with E-state index in [9.17, 15) is 14.4 Å².